The van der Waals surface area contributed by atoms with Crippen LogP contribution in [0.3, 0.4) is 0 Å². The Morgan fingerprint density at radius 3 is 2.38 bits per heavy atom. The van der Waals surface area contributed by atoms with Crippen LogP contribution in [0.1, 0.15) is 19.4 Å². The minimum absolute atomic E-state index is 0.173. The van der Waals surface area contributed by atoms with Gasteiger partial charge in [-0.3, -0.25) is 0 Å². The fraction of sp³-hybridized carbons (Fsp3) is 0.455. The fourth-order valence-corrected chi connectivity index (χ4v) is 2.04. The minimum atomic E-state index is -3.25. The van der Waals surface area contributed by atoms with Crippen LogP contribution in [-0.2, 0) is 15.4 Å². The third-order valence-electron chi connectivity index (χ3n) is 2.38. The molecule has 0 aliphatic rings. The van der Waals surface area contributed by atoms with Gasteiger partial charge in [-0.05, 0) is 11.6 Å². The molecule has 0 saturated heterocycles. The molecule has 90 valence electrons. The van der Waals surface area contributed by atoms with E-state index in [-0.39, 0.29) is 12.4 Å². The van der Waals surface area contributed by atoms with Crippen molar-refractivity contribution in [2.24, 2.45) is 0 Å². The molecule has 1 N–H and O–H groups in total. The van der Waals surface area contributed by atoms with E-state index in [1.807, 2.05) is 0 Å². The summed E-state index contributed by atoms with van der Waals surface area (Å²) in [6, 6.07) is 6.39. The van der Waals surface area contributed by atoms with Gasteiger partial charge in [0.05, 0.1) is 6.26 Å². The Labute approximate surface area is 95.7 Å². The van der Waals surface area contributed by atoms with E-state index in [0.29, 0.717) is 5.56 Å². The molecule has 3 nitrogen and oxygen atoms in total. The maximum Gasteiger partial charge on any atom is 0.208 e. The molecule has 0 aliphatic carbocycles. The number of halogens is 1. The highest BCUT2D eigenvalue weighted by Gasteiger charge is 2.24. The normalized spacial score (nSPS) is 12.8. The summed E-state index contributed by atoms with van der Waals surface area (Å²) in [6.07, 6.45) is 1.09. The van der Waals surface area contributed by atoms with Crippen LogP contribution in [-0.4, -0.2) is 21.2 Å². The molecule has 0 spiro atoms. The number of hydrogen-bond donors (Lipinski definition) is 1. The molecule has 0 heterocycles. The summed E-state index contributed by atoms with van der Waals surface area (Å²) in [5, 5.41) is 0. The van der Waals surface area contributed by atoms with E-state index in [1.54, 1.807) is 32.0 Å². The Morgan fingerprint density at radius 2 is 1.88 bits per heavy atom. The average Bonchev–Trinajstić information content (AvgIpc) is 2.14. The van der Waals surface area contributed by atoms with Gasteiger partial charge in [-0.15, -0.1) is 0 Å². The first-order valence-corrected chi connectivity index (χ1v) is 6.81. The number of sulfonamides is 1. The lowest BCUT2D eigenvalue weighted by atomic mass is 9.84. The van der Waals surface area contributed by atoms with Crippen LogP contribution in [0, 0.1) is 5.82 Å². The molecule has 1 aromatic rings. The highest BCUT2D eigenvalue weighted by molar-refractivity contribution is 7.88. The Hall–Kier alpha value is -0.940. The van der Waals surface area contributed by atoms with Gasteiger partial charge >= 0.3 is 0 Å². The summed E-state index contributed by atoms with van der Waals surface area (Å²) in [4.78, 5) is 0. The summed E-state index contributed by atoms with van der Waals surface area (Å²) in [5.41, 5.74) is -0.0693. The van der Waals surface area contributed by atoms with Crippen LogP contribution in [0.25, 0.3) is 0 Å². The first-order chi connectivity index (χ1) is 7.22. The summed E-state index contributed by atoms with van der Waals surface area (Å²) < 4.78 is 37.9. The van der Waals surface area contributed by atoms with Gasteiger partial charge < -0.3 is 0 Å². The standard InChI is InChI=1S/C11H16FNO2S/c1-11(2,8-13-16(3,14)15)9-6-4-5-7-10(9)12/h4-7,13H,8H2,1-3H3. The molecule has 0 unspecified atom stereocenters. The molecular weight excluding hydrogens is 229 g/mol. The van der Waals surface area contributed by atoms with Gasteiger partial charge in [0, 0.05) is 12.0 Å². The number of hydrogen-bond acceptors (Lipinski definition) is 2. The fourth-order valence-electron chi connectivity index (χ4n) is 1.42. The van der Waals surface area contributed by atoms with Crippen molar-refractivity contribution in [1.29, 1.82) is 0 Å². The number of benzene rings is 1. The summed E-state index contributed by atoms with van der Waals surface area (Å²) in [6.45, 7) is 3.76. The van der Waals surface area contributed by atoms with E-state index in [1.165, 1.54) is 6.07 Å². The van der Waals surface area contributed by atoms with E-state index in [2.05, 4.69) is 4.72 Å². The first-order valence-electron chi connectivity index (χ1n) is 4.92. The van der Waals surface area contributed by atoms with Gasteiger partial charge in [0.25, 0.3) is 0 Å². The summed E-state index contributed by atoms with van der Waals surface area (Å²) in [5.74, 6) is -0.317. The molecule has 5 heteroatoms. The highest BCUT2D eigenvalue weighted by Crippen LogP contribution is 2.24. The molecule has 0 aliphatic heterocycles. The zero-order valence-electron chi connectivity index (χ0n) is 9.62. The molecular formula is C11H16FNO2S. The van der Waals surface area contributed by atoms with Crippen molar-refractivity contribution in [3.8, 4) is 0 Å². The van der Waals surface area contributed by atoms with Crippen molar-refractivity contribution in [3.05, 3.63) is 35.6 Å². The van der Waals surface area contributed by atoms with Crippen molar-refractivity contribution in [3.63, 3.8) is 0 Å². The molecule has 0 aromatic heterocycles. The second-order valence-electron chi connectivity index (χ2n) is 4.46. The first kappa shape index (κ1) is 13.1. The van der Waals surface area contributed by atoms with Gasteiger partial charge in [0.1, 0.15) is 5.82 Å². The van der Waals surface area contributed by atoms with E-state index in [9.17, 15) is 12.8 Å². The van der Waals surface area contributed by atoms with Crippen LogP contribution in [0.2, 0.25) is 0 Å². The summed E-state index contributed by atoms with van der Waals surface area (Å²) in [7, 11) is -3.25. The van der Waals surface area contributed by atoms with Crippen LogP contribution in [0.5, 0.6) is 0 Å². The smallest absolute Gasteiger partial charge is 0.208 e. The Kier molecular flexibility index (Phi) is 3.70. The van der Waals surface area contributed by atoms with Crippen LogP contribution in [0.4, 0.5) is 4.39 Å². The lowest BCUT2D eigenvalue weighted by molar-refractivity contribution is 0.472. The Balaban J connectivity index is 2.90. The molecule has 1 rings (SSSR count). The molecule has 0 atom stereocenters. The van der Waals surface area contributed by atoms with E-state index in [4.69, 9.17) is 0 Å². The topological polar surface area (TPSA) is 46.2 Å². The second kappa shape index (κ2) is 4.51. The van der Waals surface area contributed by atoms with Gasteiger partial charge in [-0.25, -0.2) is 17.5 Å². The van der Waals surface area contributed by atoms with E-state index in [0.717, 1.165) is 6.26 Å². The molecule has 0 saturated carbocycles. The Morgan fingerprint density at radius 1 is 1.31 bits per heavy atom. The molecule has 1 aromatic carbocycles. The van der Waals surface area contributed by atoms with Crippen molar-refractivity contribution in [2.75, 3.05) is 12.8 Å². The molecule has 0 fully saturated rings. The van der Waals surface area contributed by atoms with Crippen molar-refractivity contribution >= 4 is 10.0 Å². The van der Waals surface area contributed by atoms with Crippen LogP contribution < -0.4 is 4.72 Å². The van der Waals surface area contributed by atoms with Crippen molar-refractivity contribution in [1.82, 2.24) is 4.72 Å². The average molecular weight is 245 g/mol. The van der Waals surface area contributed by atoms with Crippen molar-refractivity contribution in [2.45, 2.75) is 19.3 Å². The lowest BCUT2D eigenvalue weighted by Crippen LogP contribution is -2.36. The predicted molar refractivity (Wildman–Crippen MR) is 62.3 cm³/mol. The lowest BCUT2D eigenvalue weighted by Gasteiger charge is -2.25. The van der Waals surface area contributed by atoms with E-state index < -0.39 is 15.4 Å². The van der Waals surface area contributed by atoms with Gasteiger partial charge in [-0.1, -0.05) is 32.0 Å². The zero-order valence-corrected chi connectivity index (χ0v) is 10.4. The molecule has 0 bridgehead atoms. The van der Waals surface area contributed by atoms with Gasteiger partial charge in [0.2, 0.25) is 10.0 Å². The van der Waals surface area contributed by atoms with Crippen molar-refractivity contribution < 1.29 is 12.8 Å². The maximum absolute atomic E-state index is 13.5. The highest BCUT2D eigenvalue weighted by atomic mass is 32.2. The number of rotatable bonds is 4. The quantitative estimate of drug-likeness (QED) is 0.876. The molecule has 16 heavy (non-hydrogen) atoms. The number of nitrogens with one attached hydrogen (secondary N) is 1. The summed E-state index contributed by atoms with van der Waals surface area (Å²) >= 11 is 0. The SMILES string of the molecule is CC(C)(CNS(C)(=O)=O)c1ccccc1F. The second-order valence-corrected chi connectivity index (χ2v) is 6.29. The molecule has 0 amide bonds. The molecule has 0 radical (unpaired) electrons. The van der Waals surface area contributed by atoms with Crippen LogP contribution >= 0.6 is 0 Å². The zero-order chi connectivity index (χ0) is 12.4. The minimum Gasteiger partial charge on any atom is -0.215 e. The van der Waals surface area contributed by atoms with Gasteiger partial charge in [-0.2, -0.15) is 0 Å². The van der Waals surface area contributed by atoms with E-state index >= 15 is 0 Å². The maximum atomic E-state index is 13.5. The largest absolute Gasteiger partial charge is 0.215 e. The van der Waals surface area contributed by atoms with Crippen LogP contribution in [0.15, 0.2) is 24.3 Å². The predicted octanol–water partition coefficient (Wildman–Crippen LogP) is 1.65. The van der Waals surface area contributed by atoms with Gasteiger partial charge in [0.15, 0.2) is 0 Å². The third kappa shape index (κ3) is 3.57. The third-order valence-corrected chi connectivity index (χ3v) is 3.05. The Bertz CT molecular complexity index is 469. The monoisotopic (exact) mass is 245 g/mol.